The highest BCUT2D eigenvalue weighted by molar-refractivity contribution is 7.91. The number of nitrogens with one attached hydrogen (secondary N) is 1. The van der Waals surface area contributed by atoms with Crippen molar-refractivity contribution in [3.63, 3.8) is 0 Å². The second-order valence-electron chi connectivity index (χ2n) is 5.03. The van der Waals surface area contributed by atoms with Crippen LogP contribution in [0.15, 0.2) is 23.1 Å². The quantitative estimate of drug-likeness (QED) is 0.827. The number of nitrogens with two attached hydrogens (primary N) is 1. The van der Waals surface area contributed by atoms with Crippen LogP contribution in [0.1, 0.15) is 18.4 Å². The lowest BCUT2D eigenvalue weighted by Crippen LogP contribution is -2.43. The van der Waals surface area contributed by atoms with Gasteiger partial charge in [0.1, 0.15) is 0 Å². The molecule has 0 aliphatic carbocycles. The van der Waals surface area contributed by atoms with Gasteiger partial charge in [-0.2, -0.15) is 0 Å². The van der Waals surface area contributed by atoms with E-state index in [2.05, 4.69) is 4.72 Å². The molecule has 0 radical (unpaired) electrons. The number of sulfone groups is 1. The predicted octanol–water partition coefficient (Wildman–Crippen LogP) is 0.654. The molecule has 0 amide bonds. The van der Waals surface area contributed by atoms with Crippen molar-refractivity contribution in [2.75, 3.05) is 11.5 Å². The van der Waals surface area contributed by atoms with E-state index in [-0.39, 0.29) is 22.9 Å². The first-order valence-corrected chi connectivity index (χ1v) is 10.1. The van der Waals surface area contributed by atoms with E-state index in [1.54, 1.807) is 0 Å². The summed E-state index contributed by atoms with van der Waals surface area (Å²) < 4.78 is 50.2. The first-order chi connectivity index (χ1) is 9.73. The minimum atomic E-state index is -3.79. The lowest BCUT2D eigenvalue weighted by molar-refractivity contribution is 0.517. The van der Waals surface area contributed by atoms with Crippen molar-refractivity contribution in [2.24, 2.45) is 5.73 Å². The Labute approximate surface area is 129 Å². The summed E-state index contributed by atoms with van der Waals surface area (Å²) in [4.78, 5) is 0.0373. The first-order valence-electron chi connectivity index (χ1n) is 6.45. The van der Waals surface area contributed by atoms with Crippen LogP contribution >= 0.6 is 11.6 Å². The molecule has 0 spiro atoms. The molecule has 3 N–H and O–H groups in total. The summed E-state index contributed by atoms with van der Waals surface area (Å²) in [6.45, 7) is 0.125. The zero-order valence-corrected chi connectivity index (χ0v) is 13.6. The summed E-state index contributed by atoms with van der Waals surface area (Å²) in [5.74, 6) is -0.0486. The van der Waals surface area contributed by atoms with E-state index in [1.807, 2.05) is 0 Å². The van der Waals surface area contributed by atoms with Crippen LogP contribution < -0.4 is 10.5 Å². The molecule has 1 aliphatic heterocycles. The summed E-state index contributed by atoms with van der Waals surface area (Å²) in [6, 6.07) is 3.66. The fourth-order valence-electron chi connectivity index (χ4n) is 2.28. The van der Waals surface area contributed by atoms with Gasteiger partial charge < -0.3 is 5.73 Å². The number of sulfonamides is 1. The SMILES string of the molecule is NCc1cc(S(=O)(=O)NC2CCCS(=O)(=O)C2)ccc1Cl. The highest BCUT2D eigenvalue weighted by Crippen LogP contribution is 2.21. The normalized spacial score (nSPS) is 22.1. The summed E-state index contributed by atoms with van der Waals surface area (Å²) in [6.07, 6.45) is 0.972. The third-order valence-electron chi connectivity index (χ3n) is 3.33. The highest BCUT2D eigenvalue weighted by atomic mass is 35.5. The molecule has 0 saturated carbocycles. The first kappa shape index (κ1) is 16.7. The number of rotatable bonds is 4. The zero-order valence-electron chi connectivity index (χ0n) is 11.2. The minimum absolute atomic E-state index is 0.0373. The molecule has 1 aliphatic rings. The standard InChI is InChI=1S/C12H17ClN2O4S2/c13-12-4-3-11(6-9(12)7-14)21(18,19)15-10-2-1-5-20(16,17)8-10/h3-4,6,10,15H,1-2,5,7-8,14H2. The molecule has 1 saturated heterocycles. The van der Waals surface area contributed by atoms with Crippen LogP contribution in [0, 0.1) is 0 Å². The van der Waals surface area contributed by atoms with Crippen LogP contribution in [0.25, 0.3) is 0 Å². The van der Waals surface area contributed by atoms with E-state index < -0.39 is 25.9 Å². The Bertz CT molecular complexity index is 732. The molecule has 21 heavy (non-hydrogen) atoms. The fourth-order valence-corrected chi connectivity index (χ4v) is 5.54. The average molecular weight is 353 g/mol. The molecule has 6 nitrogen and oxygen atoms in total. The van der Waals surface area contributed by atoms with E-state index in [1.165, 1.54) is 18.2 Å². The Morgan fingerprint density at radius 2 is 2.10 bits per heavy atom. The maximum Gasteiger partial charge on any atom is 0.240 e. The van der Waals surface area contributed by atoms with Gasteiger partial charge in [-0.25, -0.2) is 21.6 Å². The molecule has 0 aromatic heterocycles. The van der Waals surface area contributed by atoms with Gasteiger partial charge in [-0.05, 0) is 36.6 Å². The van der Waals surface area contributed by atoms with Crippen molar-refractivity contribution in [3.05, 3.63) is 28.8 Å². The number of hydrogen-bond acceptors (Lipinski definition) is 5. The summed E-state index contributed by atoms with van der Waals surface area (Å²) in [5.41, 5.74) is 6.03. The van der Waals surface area contributed by atoms with Gasteiger partial charge in [0.2, 0.25) is 10.0 Å². The van der Waals surface area contributed by atoms with Crippen LogP contribution in [-0.4, -0.2) is 34.4 Å². The molecule has 1 heterocycles. The Balaban J connectivity index is 2.22. The van der Waals surface area contributed by atoms with E-state index in [9.17, 15) is 16.8 Å². The second-order valence-corrected chi connectivity index (χ2v) is 9.38. The van der Waals surface area contributed by atoms with E-state index in [0.29, 0.717) is 23.4 Å². The van der Waals surface area contributed by atoms with Crippen LogP contribution in [0.5, 0.6) is 0 Å². The summed E-state index contributed by atoms with van der Waals surface area (Å²) in [5, 5.41) is 0.400. The topological polar surface area (TPSA) is 106 Å². The van der Waals surface area contributed by atoms with Gasteiger partial charge in [0, 0.05) is 17.6 Å². The van der Waals surface area contributed by atoms with Crippen molar-refractivity contribution in [1.29, 1.82) is 0 Å². The molecular formula is C12H17ClN2O4S2. The van der Waals surface area contributed by atoms with Gasteiger partial charge >= 0.3 is 0 Å². The van der Waals surface area contributed by atoms with Crippen LogP contribution in [-0.2, 0) is 26.4 Å². The van der Waals surface area contributed by atoms with Crippen molar-refractivity contribution in [3.8, 4) is 0 Å². The maximum absolute atomic E-state index is 12.3. The smallest absolute Gasteiger partial charge is 0.240 e. The lowest BCUT2D eigenvalue weighted by Gasteiger charge is -2.23. The highest BCUT2D eigenvalue weighted by Gasteiger charge is 2.28. The van der Waals surface area contributed by atoms with Crippen molar-refractivity contribution < 1.29 is 16.8 Å². The third kappa shape index (κ3) is 4.17. The van der Waals surface area contributed by atoms with Gasteiger partial charge in [-0.1, -0.05) is 11.6 Å². The fraction of sp³-hybridized carbons (Fsp3) is 0.500. The van der Waals surface area contributed by atoms with Crippen LogP contribution in [0.3, 0.4) is 0 Å². The molecule has 9 heteroatoms. The second kappa shape index (κ2) is 6.21. The molecular weight excluding hydrogens is 336 g/mol. The van der Waals surface area contributed by atoms with E-state index in [0.717, 1.165) is 0 Å². The average Bonchev–Trinajstić information content (AvgIpc) is 2.37. The number of benzene rings is 1. The minimum Gasteiger partial charge on any atom is -0.326 e. The Hall–Kier alpha value is -0.670. The van der Waals surface area contributed by atoms with Crippen molar-refractivity contribution in [1.82, 2.24) is 4.72 Å². The Kier molecular flexibility index (Phi) is 4.94. The Morgan fingerprint density at radius 1 is 1.38 bits per heavy atom. The molecule has 1 unspecified atom stereocenters. The zero-order chi connectivity index (χ0) is 15.7. The maximum atomic E-state index is 12.3. The van der Waals surface area contributed by atoms with Crippen LogP contribution in [0.2, 0.25) is 5.02 Å². The van der Waals surface area contributed by atoms with Gasteiger partial charge in [-0.3, -0.25) is 0 Å². The van der Waals surface area contributed by atoms with E-state index in [4.69, 9.17) is 17.3 Å². The summed E-state index contributed by atoms with van der Waals surface area (Å²) >= 11 is 5.90. The number of halogens is 1. The summed E-state index contributed by atoms with van der Waals surface area (Å²) in [7, 11) is -6.96. The molecule has 118 valence electrons. The molecule has 1 aromatic carbocycles. The van der Waals surface area contributed by atoms with Crippen LogP contribution in [0.4, 0.5) is 0 Å². The largest absolute Gasteiger partial charge is 0.326 e. The predicted molar refractivity (Wildman–Crippen MR) is 81.3 cm³/mol. The lowest BCUT2D eigenvalue weighted by atomic mass is 10.2. The Morgan fingerprint density at radius 3 is 2.71 bits per heavy atom. The monoisotopic (exact) mass is 352 g/mol. The molecule has 1 aromatic rings. The van der Waals surface area contributed by atoms with Gasteiger partial charge in [0.15, 0.2) is 9.84 Å². The third-order valence-corrected chi connectivity index (χ3v) is 7.04. The number of hydrogen-bond donors (Lipinski definition) is 2. The molecule has 0 bridgehead atoms. The molecule has 1 fully saturated rings. The molecule has 1 atom stereocenters. The van der Waals surface area contributed by atoms with Gasteiger partial charge in [-0.15, -0.1) is 0 Å². The van der Waals surface area contributed by atoms with E-state index >= 15 is 0 Å². The molecule has 2 rings (SSSR count). The van der Waals surface area contributed by atoms with Crippen molar-refractivity contribution in [2.45, 2.75) is 30.3 Å². The van der Waals surface area contributed by atoms with Crippen molar-refractivity contribution >= 4 is 31.5 Å². The van der Waals surface area contributed by atoms with Gasteiger partial charge in [0.25, 0.3) is 0 Å². The van der Waals surface area contributed by atoms with Gasteiger partial charge in [0.05, 0.1) is 16.4 Å².